The van der Waals surface area contributed by atoms with Gasteiger partial charge >= 0.3 is 6.03 Å². The molecular weight excluding hydrogens is 292 g/mol. The number of ether oxygens (including phenoxy) is 1. The van der Waals surface area contributed by atoms with E-state index < -0.39 is 11.6 Å². The fourth-order valence-electron chi connectivity index (χ4n) is 2.72. The summed E-state index contributed by atoms with van der Waals surface area (Å²) in [5, 5.41) is 6.91. The Morgan fingerprint density at radius 2 is 2.14 bits per heavy atom. The second-order valence-corrected chi connectivity index (χ2v) is 6.10. The van der Waals surface area contributed by atoms with Gasteiger partial charge in [0.15, 0.2) is 5.11 Å². The summed E-state index contributed by atoms with van der Waals surface area (Å²) >= 11 is 5.07. The molecule has 0 aromatic carbocycles. The summed E-state index contributed by atoms with van der Waals surface area (Å²) in [5.74, 6) is 0.356. The van der Waals surface area contributed by atoms with Crippen molar-refractivity contribution in [1.29, 1.82) is 0 Å². The Kier molecular flexibility index (Phi) is 5.00. The molecule has 1 spiro atoms. The van der Waals surface area contributed by atoms with Gasteiger partial charge in [0.25, 0.3) is 5.91 Å². The lowest BCUT2D eigenvalue weighted by molar-refractivity contribution is -0.133. The molecule has 3 amide bonds. The largest absolute Gasteiger partial charge is 0.383 e. The van der Waals surface area contributed by atoms with Gasteiger partial charge in [-0.05, 0) is 43.8 Å². The van der Waals surface area contributed by atoms with E-state index in [1.165, 1.54) is 0 Å². The van der Waals surface area contributed by atoms with E-state index >= 15 is 0 Å². The number of amides is 3. The van der Waals surface area contributed by atoms with Gasteiger partial charge in [0.1, 0.15) is 5.54 Å². The summed E-state index contributed by atoms with van der Waals surface area (Å²) in [7, 11) is 1.59. The van der Waals surface area contributed by atoms with Crippen molar-refractivity contribution in [1.82, 2.24) is 21.1 Å². The van der Waals surface area contributed by atoms with Gasteiger partial charge < -0.3 is 15.4 Å². The Morgan fingerprint density at radius 1 is 1.48 bits per heavy atom. The molecule has 2 aliphatic rings. The molecule has 1 saturated heterocycles. The van der Waals surface area contributed by atoms with Crippen molar-refractivity contribution in [3.8, 4) is 0 Å². The molecule has 0 bridgehead atoms. The predicted molar refractivity (Wildman–Crippen MR) is 81.4 cm³/mol. The number of nitrogens with zero attached hydrogens (tertiary/aromatic N) is 1. The lowest BCUT2D eigenvalue weighted by Gasteiger charge is -2.33. The molecule has 1 heterocycles. The average molecular weight is 314 g/mol. The van der Waals surface area contributed by atoms with E-state index in [-0.39, 0.29) is 11.0 Å². The van der Waals surface area contributed by atoms with Crippen LogP contribution >= 0.6 is 12.2 Å². The zero-order valence-electron chi connectivity index (χ0n) is 12.4. The molecule has 0 aromatic rings. The lowest BCUT2D eigenvalue weighted by Crippen LogP contribution is -2.53. The molecule has 8 heteroatoms. The molecular formula is C13H22N4O3S. The summed E-state index contributed by atoms with van der Waals surface area (Å²) < 4.78 is 4.89. The minimum atomic E-state index is -0.751. The molecule has 21 heavy (non-hydrogen) atoms. The van der Waals surface area contributed by atoms with Crippen molar-refractivity contribution in [2.45, 2.75) is 38.1 Å². The minimum absolute atomic E-state index is 0.233. The first-order valence-electron chi connectivity index (χ1n) is 7.18. The third kappa shape index (κ3) is 3.44. The van der Waals surface area contributed by atoms with E-state index in [4.69, 9.17) is 17.0 Å². The fourth-order valence-corrected chi connectivity index (χ4v) is 2.92. The lowest BCUT2D eigenvalue weighted by atomic mass is 9.77. The van der Waals surface area contributed by atoms with Crippen LogP contribution in [0.3, 0.4) is 0 Å². The van der Waals surface area contributed by atoms with Crippen LogP contribution in [0.15, 0.2) is 0 Å². The van der Waals surface area contributed by atoms with Gasteiger partial charge in [-0.25, -0.2) is 4.79 Å². The molecule has 118 valence electrons. The Labute approximate surface area is 129 Å². The number of imide groups is 1. The van der Waals surface area contributed by atoms with Gasteiger partial charge in [0, 0.05) is 13.7 Å². The SMILES string of the molecule is COCCNC(=S)NN1C(=O)NC2(CCC(C)CC2)C1=O. The number of urea groups is 1. The molecule has 7 nitrogen and oxygen atoms in total. The van der Waals surface area contributed by atoms with Gasteiger partial charge in [-0.2, -0.15) is 5.01 Å². The van der Waals surface area contributed by atoms with Crippen LogP contribution in [0.2, 0.25) is 0 Å². The minimum Gasteiger partial charge on any atom is -0.383 e. The summed E-state index contributed by atoms with van der Waals surface area (Å²) in [5.41, 5.74) is 1.91. The number of methoxy groups -OCH3 is 1. The van der Waals surface area contributed by atoms with E-state index in [0.717, 1.165) is 17.9 Å². The second-order valence-electron chi connectivity index (χ2n) is 5.70. The van der Waals surface area contributed by atoms with Crippen molar-refractivity contribution in [3.05, 3.63) is 0 Å². The summed E-state index contributed by atoms with van der Waals surface area (Å²) in [6, 6.07) is -0.439. The first kappa shape index (κ1) is 16.0. The van der Waals surface area contributed by atoms with Crippen molar-refractivity contribution < 1.29 is 14.3 Å². The maximum atomic E-state index is 12.5. The van der Waals surface area contributed by atoms with Crippen LogP contribution in [0.5, 0.6) is 0 Å². The monoisotopic (exact) mass is 314 g/mol. The molecule has 0 atom stereocenters. The Hall–Kier alpha value is -1.41. The number of carbonyl (C=O) groups is 2. The Balaban J connectivity index is 1.94. The summed E-state index contributed by atoms with van der Waals surface area (Å²) in [6.07, 6.45) is 3.24. The van der Waals surface area contributed by atoms with Gasteiger partial charge in [-0.15, -0.1) is 0 Å². The zero-order chi connectivity index (χ0) is 15.5. The van der Waals surface area contributed by atoms with Crippen molar-refractivity contribution in [3.63, 3.8) is 0 Å². The standard InChI is InChI=1S/C13H22N4O3S/c1-9-3-5-13(6-4-9)10(18)17(12(19)15-13)16-11(21)14-7-8-20-2/h9H,3-8H2,1-2H3,(H,15,19)(H2,14,16,21). The molecule has 2 rings (SSSR count). The fraction of sp³-hybridized carbons (Fsp3) is 0.769. The van der Waals surface area contributed by atoms with E-state index in [0.29, 0.717) is 31.9 Å². The topological polar surface area (TPSA) is 82.7 Å². The van der Waals surface area contributed by atoms with Crippen molar-refractivity contribution in [2.24, 2.45) is 5.92 Å². The molecule has 3 N–H and O–H groups in total. The maximum absolute atomic E-state index is 12.5. The normalized spacial score (nSPS) is 28.7. The number of nitrogens with one attached hydrogen (secondary N) is 3. The Bertz CT molecular complexity index is 435. The quantitative estimate of drug-likeness (QED) is 0.398. The molecule has 0 unspecified atom stereocenters. The number of carbonyl (C=O) groups excluding carboxylic acids is 2. The molecule has 1 saturated carbocycles. The summed E-state index contributed by atoms with van der Waals surface area (Å²) in [6.45, 7) is 3.16. The number of hydrogen-bond acceptors (Lipinski definition) is 4. The van der Waals surface area contributed by atoms with Gasteiger partial charge in [0.2, 0.25) is 0 Å². The van der Waals surface area contributed by atoms with Crippen LogP contribution in [0.25, 0.3) is 0 Å². The van der Waals surface area contributed by atoms with Crippen LogP contribution in [-0.2, 0) is 9.53 Å². The first-order valence-corrected chi connectivity index (χ1v) is 7.59. The predicted octanol–water partition coefficient (Wildman–Crippen LogP) is 0.513. The second kappa shape index (κ2) is 6.57. The number of rotatable bonds is 4. The van der Waals surface area contributed by atoms with E-state index in [1.54, 1.807) is 7.11 Å². The van der Waals surface area contributed by atoms with E-state index in [9.17, 15) is 9.59 Å². The maximum Gasteiger partial charge on any atom is 0.344 e. The third-order valence-electron chi connectivity index (χ3n) is 4.09. The third-order valence-corrected chi connectivity index (χ3v) is 4.33. The Morgan fingerprint density at radius 3 is 2.76 bits per heavy atom. The van der Waals surface area contributed by atoms with Crippen LogP contribution in [-0.4, -0.2) is 47.9 Å². The summed E-state index contributed by atoms with van der Waals surface area (Å²) in [4.78, 5) is 24.6. The number of thiocarbonyl (C=S) groups is 1. The van der Waals surface area contributed by atoms with E-state index in [2.05, 4.69) is 23.0 Å². The highest BCUT2D eigenvalue weighted by atomic mass is 32.1. The van der Waals surface area contributed by atoms with Crippen LogP contribution in [0.1, 0.15) is 32.6 Å². The molecule has 0 aromatic heterocycles. The van der Waals surface area contributed by atoms with Crippen LogP contribution < -0.4 is 16.1 Å². The number of hydrogen-bond donors (Lipinski definition) is 3. The molecule has 2 fully saturated rings. The van der Waals surface area contributed by atoms with Gasteiger partial charge in [0.05, 0.1) is 6.61 Å². The van der Waals surface area contributed by atoms with E-state index in [1.807, 2.05) is 0 Å². The highest BCUT2D eigenvalue weighted by Crippen LogP contribution is 2.35. The van der Waals surface area contributed by atoms with Crippen LogP contribution in [0.4, 0.5) is 4.79 Å². The van der Waals surface area contributed by atoms with Crippen molar-refractivity contribution in [2.75, 3.05) is 20.3 Å². The first-order chi connectivity index (χ1) is 9.98. The van der Waals surface area contributed by atoms with Gasteiger partial charge in [-0.1, -0.05) is 6.92 Å². The number of hydrazine groups is 1. The molecule has 1 aliphatic carbocycles. The van der Waals surface area contributed by atoms with Crippen molar-refractivity contribution >= 4 is 29.3 Å². The smallest absolute Gasteiger partial charge is 0.344 e. The van der Waals surface area contributed by atoms with Crippen LogP contribution in [0, 0.1) is 5.92 Å². The molecule has 1 aliphatic heterocycles. The molecule has 0 radical (unpaired) electrons. The highest BCUT2D eigenvalue weighted by Gasteiger charge is 2.52. The zero-order valence-corrected chi connectivity index (χ0v) is 13.2. The van der Waals surface area contributed by atoms with Gasteiger partial charge in [-0.3, -0.25) is 10.2 Å². The highest BCUT2D eigenvalue weighted by molar-refractivity contribution is 7.80. The average Bonchev–Trinajstić information content (AvgIpc) is 2.67.